The van der Waals surface area contributed by atoms with E-state index in [9.17, 15) is 18.0 Å². The fourth-order valence-electron chi connectivity index (χ4n) is 4.87. The maximum absolute atomic E-state index is 14.5. The van der Waals surface area contributed by atoms with Crippen molar-refractivity contribution >= 4 is 50.7 Å². The standard InChI is InChI=1S/C35H37Cl2N3O4S/c1-24(2)38-35(42)33(18-27-8-6-5-7-9-27)39(22-28-14-10-25(3)11-15-28)34(41)23-40(31-20-29(36)19-30(37)21-31)45(43,44)32-16-12-26(4)13-17-32/h5-17,19-21,24,33H,18,22-23H2,1-4H3,(H,38,42). The highest BCUT2D eigenvalue weighted by atomic mass is 35.5. The third kappa shape index (κ3) is 9.10. The summed E-state index contributed by atoms with van der Waals surface area (Å²) in [6, 6.07) is 26.7. The number of hydrogen-bond donors (Lipinski definition) is 1. The highest BCUT2D eigenvalue weighted by Crippen LogP contribution is 2.30. The van der Waals surface area contributed by atoms with Gasteiger partial charge in [0.25, 0.3) is 10.0 Å². The van der Waals surface area contributed by atoms with Gasteiger partial charge < -0.3 is 10.2 Å². The Balaban J connectivity index is 1.82. The van der Waals surface area contributed by atoms with E-state index in [4.69, 9.17) is 23.2 Å². The summed E-state index contributed by atoms with van der Waals surface area (Å²) in [5, 5.41) is 3.38. The third-order valence-corrected chi connectivity index (χ3v) is 9.42. The van der Waals surface area contributed by atoms with Crippen molar-refractivity contribution in [3.63, 3.8) is 0 Å². The van der Waals surface area contributed by atoms with Gasteiger partial charge in [-0.15, -0.1) is 0 Å². The van der Waals surface area contributed by atoms with E-state index in [2.05, 4.69) is 5.32 Å². The maximum atomic E-state index is 14.5. The van der Waals surface area contributed by atoms with Gasteiger partial charge in [0, 0.05) is 29.1 Å². The number of amides is 2. The molecule has 0 fully saturated rings. The number of nitrogens with zero attached hydrogens (tertiary/aromatic N) is 2. The fourth-order valence-corrected chi connectivity index (χ4v) is 6.79. The van der Waals surface area contributed by atoms with E-state index in [0.717, 1.165) is 26.6 Å². The molecule has 10 heteroatoms. The minimum absolute atomic E-state index is 0.000434. The van der Waals surface area contributed by atoms with Crippen LogP contribution in [-0.2, 0) is 32.6 Å². The summed E-state index contributed by atoms with van der Waals surface area (Å²) in [4.78, 5) is 29.7. The van der Waals surface area contributed by atoms with Gasteiger partial charge in [0.1, 0.15) is 12.6 Å². The summed E-state index contributed by atoms with van der Waals surface area (Å²) in [5.41, 5.74) is 3.70. The molecule has 0 heterocycles. The van der Waals surface area contributed by atoms with Gasteiger partial charge in [0.05, 0.1) is 10.6 Å². The average molecular weight is 667 g/mol. The van der Waals surface area contributed by atoms with Crippen molar-refractivity contribution in [3.05, 3.63) is 129 Å². The van der Waals surface area contributed by atoms with Crippen LogP contribution in [0.2, 0.25) is 10.0 Å². The number of nitrogens with one attached hydrogen (secondary N) is 1. The summed E-state index contributed by atoms with van der Waals surface area (Å²) in [7, 11) is -4.27. The Morgan fingerprint density at radius 1 is 0.778 bits per heavy atom. The lowest BCUT2D eigenvalue weighted by Crippen LogP contribution is -2.54. The average Bonchev–Trinajstić information content (AvgIpc) is 2.98. The van der Waals surface area contributed by atoms with Crippen LogP contribution in [0.25, 0.3) is 0 Å². The molecule has 0 aliphatic heterocycles. The lowest BCUT2D eigenvalue weighted by atomic mass is 10.0. The predicted octanol–water partition coefficient (Wildman–Crippen LogP) is 6.97. The van der Waals surface area contributed by atoms with Crippen LogP contribution in [0.3, 0.4) is 0 Å². The summed E-state index contributed by atoms with van der Waals surface area (Å²) in [6.45, 7) is 7.00. The summed E-state index contributed by atoms with van der Waals surface area (Å²) >= 11 is 12.6. The molecule has 236 valence electrons. The molecular formula is C35H37Cl2N3O4S. The number of anilines is 1. The van der Waals surface area contributed by atoms with Crippen LogP contribution in [0.4, 0.5) is 5.69 Å². The quantitative estimate of drug-likeness (QED) is 0.177. The molecule has 0 aliphatic rings. The molecule has 0 saturated carbocycles. The first-order chi connectivity index (χ1) is 21.3. The molecule has 4 aromatic rings. The molecule has 4 aromatic carbocycles. The number of benzene rings is 4. The zero-order valence-corrected chi connectivity index (χ0v) is 28.0. The Hall–Kier alpha value is -3.85. The van der Waals surface area contributed by atoms with Crippen LogP contribution >= 0.6 is 23.2 Å². The molecule has 1 unspecified atom stereocenters. The Kier molecular flexibility index (Phi) is 11.3. The van der Waals surface area contributed by atoms with Gasteiger partial charge >= 0.3 is 0 Å². The van der Waals surface area contributed by atoms with Crippen molar-refractivity contribution in [2.24, 2.45) is 0 Å². The minimum Gasteiger partial charge on any atom is -0.352 e. The van der Waals surface area contributed by atoms with Gasteiger partial charge in [-0.1, -0.05) is 101 Å². The van der Waals surface area contributed by atoms with Crippen molar-refractivity contribution < 1.29 is 18.0 Å². The Labute approximate surface area is 275 Å². The number of sulfonamides is 1. The van der Waals surface area contributed by atoms with Gasteiger partial charge in [-0.2, -0.15) is 0 Å². The van der Waals surface area contributed by atoms with Crippen LogP contribution in [0, 0.1) is 13.8 Å². The number of halogens is 2. The Morgan fingerprint density at radius 2 is 1.33 bits per heavy atom. The molecule has 0 bridgehead atoms. The first-order valence-electron chi connectivity index (χ1n) is 14.6. The summed E-state index contributed by atoms with van der Waals surface area (Å²) in [6.07, 6.45) is 0.227. The van der Waals surface area contributed by atoms with E-state index in [-0.39, 0.29) is 45.5 Å². The smallest absolute Gasteiger partial charge is 0.264 e. The van der Waals surface area contributed by atoms with Gasteiger partial charge in [-0.05, 0) is 69.2 Å². The van der Waals surface area contributed by atoms with Crippen LogP contribution < -0.4 is 9.62 Å². The molecule has 0 spiro atoms. The molecule has 7 nitrogen and oxygen atoms in total. The molecule has 0 saturated heterocycles. The van der Waals surface area contributed by atoms with Gasteiger partial charge in [-0.25, -0.2) is 8.42 Å². The first kappa shape index (κ1) is 34.0. The molecule has 0 aromatic heterocycles. The maximum Gasteiger partial charge on any atom is 0.264 e. The van der Waals surface area contributed by atoms with E-state index in [1.807, 2.05) is 82.3 Å². The Bertz CT molecular complexity index is 1710. The topological polar surface area (TPSA) is 86.8 Å². The molecule has 1 atom stereocenters. The van der Waals surface area contributed by atoms with Crippen molar-refractivity contribution in [2.75, 3.05) is 10.8 Å². The summed E-state index contributed by atoms with van der Waals surface area (Å²) < 4.78 is 29.3. The van der Waals surface area contributed by atoms with Crippen molar-refractivity contribution in [2.45, 2.75) is 57.6 Å². The second kappa shape index (κ2) is 15.0. The lowest BCUT2D eigenvalue weighted by molar-refractivity contribution is -0.140. The summed E-state index contributed by atoms with van der Waals surface area (Å²) in [5.74, 6) is -0.907. The number of carbonyl (C=O) groups is 2. The van der Waals surface area contributed by atoms with E-state index < -0.39 is 28.5 Å². The van der Waals surface area contributed by atoms with Crippen LogP contribution in [0.5, 0.6) is 0 Å². The van der Waals surface area contributed by atoms with Crippen LogP contribution in [-0.4, -0.2) is 43.8 Å². The predicted molar refractivity (Wildman–Crippen MR) is 181 cm³/mol. The largest absolute Gasteiger partial charge is 0.352 e. The van der Waals surface area contributed by atoms with Gasteiger partial charge in [0.15, 0.2) is 0 Å². The fraction of sp³-hybridized carbons (Fsp3) is 0.257. The molecule has 0 radical (unpaired) electrons. The van der Waals surface area contributed by atoms with E-state index in [1.54, 1.807) is 12.1 Å². The van der Waals surface area contributed by atoms with Crippen LogP contribution in [0.15, 0.2) is 102 Å². The minimum atomic E-state index is -4.27. The number of aryl methyl sites for hydroxylation is 2. The molecule has 2 amide bonds. The van der Waals surface area contributed by atoms with Crippen molar-refractivity contribution in [3.8, 4) is 0 Å². The zero-order valence-electron chi connectivity index (χ0n) is 25.7. The van der Waals surface area contributed by atoms with Crippen LogP contribution in [0.1, 0.15) is 36.1 Å². The SMILES string of the molecule is Cc1ccc(CN(C(=O)CN(c2cc(Cl)cc(Cl)c2)S(=O)(=O)c2ccc(C)cc2)C(Cc2ccccc2)C(=O)NC(C)C)cc1. The van der Waals surface area contributed by atoms with E-state index in [1.165, 1.54) is 35.2 Å². The molecule has 1 N–H and O–H groups in total. The molecule has 0 aliphatic carbocycles. The second-order valence-corrected chi connectivity index (χ2v) is 14.1. The van der Waals surface area contributed by atoms with Crippen molar-refractivity contribution in [1.29, 1.82) is 0 Å². The monoisotopic (exact) mass is 665 g/mol. The zero-order chi connectivity index (χ0) is 32.7. The molecule has 45 heavy (non-hydrogen) atoms. The second-order valence-electron chi connectivity index (χ2n) is 11.3. The molecular weight excluding hydrogens is 629 g/mol. The lowest BCUT2D eigenvalue weighted by Gasteiger charge is -2.34. The van der Waals surface area contributed by atoms with Gasteiger partial charge in [0.2, 0.25) is 11.8 Å². The number of hydrogen-bond acceptors (Lipinski definition) is 4. The van der Waals surface area contributed by atoms with Gasteiger partial charge in [-0.3, -0.25) is 13.9 Å². The number of carbonyl (C=O) groups excluding carboxylic acids is 2. The third-order valence-electron chi connectivity index (χ3n) is 7.20. The van der Waals surface area contributed by atoms with E-state index in [0.29, 0.717) is 0 Å². The van der Waals surface area contributed by atoms with Crippen molar-refractivity contribution in [1.82, 2.24) is 10.2 Å². The van der Waals surface area contributed by atoms with E-state index >= 15 is 0 Å². The highest BCUT2D eigenvalue weighted by Gasteiger charge is 2.35. The first-order valence-corrected chi connectivity index (χ1v) is 16.8. The number of rotatable bonds is 12. The normalized spacial score (nSPS) is 12.1. The highest BCUT2D eigenvalue weighted by molar-refractivity contribution is 7.92. The Morgan fingerprint density at radius 3 is 1.89 bits per heavy atom. The molecule has 4 rings (SSSR count).